The van der Waals surface area contributed by atoms with Crippen LogP contribution < -0.4 is 11.1 Å². The summed E-state index contributed by atoms with van der Waals surface area (Å²) < 4.78 is 0. The van der Waals surface area contributed by atoms with Crippen molar-refractivity contribution in [2.75, 3.05) is 13.1 Å². The number of aryl methyl sites for hydroxylation is 2. The van der Waals surface area contributed by atoms with Crippen molar-refractivity contribution in [1.29, 1.82) is 0 Å². The summed E-state index contributed by atoms with van der Waals surface area (Å²) in [4.78, 5) is 17.6. The van der Waals surface area contributed by atoms with Crippen molar-refractivity contribution < 1.29 is 4.79 Å². The van der Waals surface area contributed by atoms with E-state index in [0.717, 1.165) is 5.52 Å². The van der Waals surface area contributed by atoms with E-state index in [2.05, 4.69) is 42.3 Å². The molecule has 0 bridgehead atoms. The monoisotopic (exact) mass is 334 g/mol. The molecule has 2 aromatic carbocycles. The molecule has 0 saturated carbocycles. The maximum atomic E-state index is 12.3. The molecule has 1 aromatic heterocycles. The van der Waals surface area contributed by atoms with E-state index in [1.165, 1.54) is 38.5 Å². The first-order valence-corrected chi connectivity index (χ1v) is 8.57. The molecule has 0 unspecified atom stereocenters. The molecule has 0 aliphatic carbocycles. The van der Waals surface area contributed by atoms with Crippen molar-refractivity contribution in [1.82, 2.24) is 15.2 Å². The highest BCUT2D eigenvalue weighted by atomic mass is 16.2. The molecule has 2 amide bonds. The number of aromatic nitrogens is 1. The van der Waals surface area contributed by atoms with E-state index in [4.69, 9.17) is 5.73 Å². The Morgan fingerprint density at radius 1 is 1.28 bits per heavy atom. The zero-order valence-electron chi connectivity index (χ0n) is 14.5. The van der Waals surface area contributed by atoms with E-state index in [0.29, 0.717) is 19.6 Å². The van der Waals surface area contributed by atoms with Crippen molar-refractivity contribution in [3.63, 3.8) is 0 Å². The van der Waals surface area contributed by atoms with Crippen LogP contribution in [0, 0.1) is 13.8 Å². The average molecular weight is 334 g/mol. The third-order valence-electron chi connectivity index (χ3n) is 5.07. The van der Waals surface area contributed by atoms with E-state index in [-0.39, 0.29) is 6.03 Å². The number of nitrogens with zero attached hydrogens (tertiary/aromatic N) is 1. The van der Waals surface area contributed by atoms with E-state index in [1.807, 2.05) is 18.3 Å². The Morgan fingerprint density at radius 3 is 2.88 bits per heavy atom. The molecule has 1 aliphatic rings. The molecule has 2 heterocycles. The minimum absolute atomic E-state index is 0.108. The molecule has 5 nitrogen and oxygen atoms in total. The lowest BCUT2D eigenvalue weighted by atomic mass is 9.90. The smallest absolute Gasteiger partial charge is 0.321 e. The zero-order valence-corrected chi connectivity index (χ0v) is 14.5. The number of para-hydroxylation sites is 1. The van der Waals surface area contributed by atoms with Gasteiger partial charge in [0.25, 0.3) is 0 Å². The third-order valence-corrected chi connectivity index (χ3v) is 5.07. The fraction of sp³-hybridized carbons (Fsp3) is 0.250. The van der Waals surface area contributed by atoms with Crippen LogP contribution in [0.3, 0.4) is 0 Å². The van der Waals surface area contributed by atoms with Crippen molar-refractivity contribution in [3.05, 3.63) is 52.7 Å². The normalized spacial score (nSPS) is 13.5. The van der Waals surface area contributed by atoms with Crippen LogP contribution in [-0.2, 0) is 6.54 Å². The highest BCUT2D eigenvalue weighted by Gasteiger charge is 2.23. The van der Waals surface area contributed by atoms with Crippen LogP contribution >= 0.6 is 0 Å². The number of carbonyl (C=O) groups excluding carboxylic acids is 1. The molecule has 0 fully saturated rings. The largest absolute Gasteiger partial charge is 0.354 e. The summed E-state index contributed by atoms with van der Waals surface area (Å²) in [7, 11) is 0. The number of aromatic amines is 1. The highest BCUT2D eigenvalue weighted by molar-refractivity contribution is 6.11. The van der Waals surface area contributed by atoms with Gasteiger partial charge in [0.05, 0.1) is 12.1 Å². The summed E-state index contributed by atoms with van der Waals surface area (Å²) in [5.74, 6) is 0. The number of hydrogen-bond acceptors (Lipinski definition) is 2. The first-order chi connectivity index (χ1) is 12.1. The van der Waals surface area contributed by atoms with Gasteiger partial charge in [-0.25, -0.2) is 4.79 Å². The second kappa shape index (κ2) is 5.93. The second-order valence-corrected chi connectivity index (χ2v) is 6.53. The number of amides is 2. The van der Waals surface area contributed by atoms with Gasteiger partial charge in [0.15, 0.2) is 0 Å². The average Bonchev–Trinajstić information content (AvgIpc) is 3.03. The number of nitrogens with one attached hydrogen (secondary N) is 2. The van der Waals surface area contributed by atoms with Gasteiger partial charge in [-0.3, -0.25) is 4.90 Å². The molecule has 0 atom stereocenters. The van der Waals surface area contributed by atoms with E-state index in [9.17, 15) is 4.79 Å². The third kappa shape index (κ3) is 2.39. The molecular formula is C20H22N4O. The maximum Gasteiger partial charge on any atom is 0.321 e. The minimum Gasteiger partial charge on any atom is -0.354 e. The lowest BCUT2D eigenvalue weighted by Crippen LogP contribution is -2.39. The number of urea groups is 1. The van der Waals surface area contributed by atoms with Crippen LogP contribution in [0.15, 0.2) is 30.5 Å². The summed E-state index contributed by atoms with van der Waals surface area (Å²) in [6.45, 7) is 5.79. The molecule has 0 saturated heterocycles. The van der Waals surface area contributed by atoms with Crippen LogP contribution in [0.1, 0.15) is 22.3 Å². The van der Waals surface area contributed by atoms with Crippen LogP contribution in [-0.4, -0.2) is 29.0 Å². The maximum absolute atomic E-state index is 12.3. The Hall–Kier alpha value is -2.79. The van der Waals surface area contributed by atoms with Crippen LogP contribution in [0.5, 0.6) is 0 Å². The summed E-state index contributed by atoms with van der Waals surface area (Å²) in [5.41, 5.74) is 12.7. The fourth-order valence-corrected chi connectivity index (χ4v) is 3.76. The molecule has 4 N–H and O–H groups in total. The molecular weight excluding hydrogens is 312 g/mol. The van der Waals surface area contributed by atoms with Gasteiger partial charge in [-0.15, -0.1) is 0 Å². The Kier molecular flexibility index (Phi) is 3.73. The lowest BCUT2D eigenvalue weighted by Gasteiger charge is -2.27. The molecule has 5 heteroatoms. The number of carbonyl (C=O) groups is 1. The molecule has 25 heavy (non-hydrogen) atoms. The van der Waals surface area contributed by atoms with Gasteiger partial charge in [-0.2, -0.15) is 0 Å². The van der Waals surface area contributed by atoms with Gasteiger partial charge < -0.3 is 16.0 Å². The number of fused-ring (bicyclic) bond motifs is 4. The molecule has 3 aromatic rings. The first-order valence-electron chi connectivity index (χ1n) is 8.57. The topological polar surface area (TPSA) is 74.2 Å². The zero-order chi connectivity index (χ0) is 17.6. The standard InChI is InChI=1S/C20H22N4O/c1-12-16-11-24(20(25)22-9-8-21)10-7-14(16)13(2)19-18(12)15-5-3-4-6-17(15)23-19/h3-7,10,23H,8-9,11,21H2,1-2H3,(H,22,25). The van der Waals surface area contributed by atoms with E-state index >= 15 is 0 Å². The molecule has 0 spiro atoms. The summed E-state index contributed by atoms with van der Waals surface area (Å²) in [6, 6.07) is 8.26. The highest BCUT2D eigenvalue weighted by Crippen LogP contribution is 2.37. The Balaban J connectivity index is 1.86. The number of hydrogen-bond donors (Lipinski definition) is 3. The summed E-state index contributed by atoms with van der Waals surface area (Å²) >= 11 is 0. The quantitative estimate of drug-likeness (QED) is 0.672. The molecule has 0 radical (unpaired) electrons. The Morgan fingerprint density at radius 2 is 2.08 bits per heavy atom. The van der Waals surface area contributed by atoms with Crippen molar-refractivity contribution in [3.8, 4) is 0 Å². The van der Waals surface area contributed by atoms with Gasteiger partial charge in [0.2, 0.25) is 0 Å². The molecule has 1 aliphatic heterocycles. The van der Waals surface area contributed by atoms with Gasteiger partial charge >= 0.3 is 6.03 Å². The Labute approximate surface area is 146 Å². The van der Waals surface area contributed by atoms with Crippen LogP contribution in [0.25, 0.3) is 27.9 Å². The van der Waals surface area contributed by atoms with Gasteiger partial charge in [-0.1, -0.05) is 18.2 Å². The predicted molar refractivity (Wildman–Crippen MR) is 102 cm³/mol. The summed E-state index contributed by atoms with van der Waals surface area (Å²) in [6.07, 6.45) is 3.89. The van der Waals surface area contributed by atoms with Gasteiger partial charge in [0, 0.05) is 35.6 Å². The van der Waals surface area contributed by atoms with Crippen molar-refractivity contribution in [2.45, 2.75) is 20.4 Å². The van der Waals surface area contributed by atoms with Gasteiger partial charge in [-0.05, 0) is 48.2 Å². The van der Waals surface area contributed by atoms with Crippen molar-refractivity contribution >= 4 is 33.9 Å². The van der Waals surface area contributed by atoms with E-state index in [1.54, 1.807) is 4.90 Å². The van der Waals surface area contributed by atoms with Crippen LogP contribution in [0.2, 0.25) is 0 Å². The predicted octanol–water partition coefficient (Wildman–Crippen LogP) is 3.39. The first kappa shape index (κ1) is 15.7. The minimum atomic E-state index is -0.108. The lowest BCUT2D eigenvalue weighted by molar-refractivity contribution is 0.213. The van der Waals surface area contributed by atoms with Crippen molar-refractivity contribution in [2.24, 2.45) is 5.73 Å². The Bertz CT molecular complexity index is 1020. The number of H-pyrrole nitrogens is 1. The molecule has 4 rings (SSSR count). The molecule has 128 valence electrons. The van der Waals surface area contributed by atoms with Gasteiger partial charge in [0.1, 0.15) is 0 Å². The van der Waals surface area contributed by atoms with E-state index < -0.39 is 0 Å². The second-order valence-electron chi connectivity index (χ2n) is 6.53. The summed E-state index contributed by atoms with van der Waals surface area (Å²) in [5, 5.41) is 5.32. The van der Waals surface area contributed by atoms with Crippen LogP contribution in [0.4, 0.5) is 4.79 Å². The SMILES string of the molecule is Cc1c2c(c(C)c3c1[nH]c1ccccc13)CN(C(=O)NCCN)C=C2. The number of nitrogens with two attached hydrogens (primary N) is 1. The number of rotatable bonds is 2. The fourth-order valence-electron chi connectivity index (χ4n) is 3.76. The number of benzene rings is 2.